The highest BCUT2D eigenvalue weighted by Gasteiger charge is 2.23. The molecule has 2 N–H and O–H groups in total. The summed E-state index contributed by atoms with van der Waals surface area (Å²) in [5, 5.41) is 25.7. The predicted octanol–water partition coefficient (Wildman–Crippen LogP) is 6.12. The zero-order valence-electron chi connectivity index (χ0n) is 21.1. The molecule has 9 nitrogen and oxygen atoms in total. The van der Waals surface area contributed by atoms with Crippen molar-refractivity contribution in [3.8, 4) is 6.07 Å². The van der Waals surface area contributed by atoms with Crippen molar-refractivity contribution in [2.24, 2.45) is 0 Å². The smallest absolute Gasteiger partial charge is 0.249 e. The van der Waals surface area contributed by atoms with Crippen LogP contribution < -0.4 is 10.6 Å². The maximum Gasteiger partial charge on any atom is 0.249 e. The third-order valence-corrected chi connectivity index (χ3v) is 6.22. The van der Waals surface area contributed by atoms with Crippen LogP contribution in [-0.2, 0) is 5.54 Å². The Labute approximate surface area is 227 Å². The molecule has 39 heavy (non-hydrogen) atoms. The van der Waals surface area contributed by atoms with Crippen LogP contribution in [0.15, 0.2) is 61.3 Å². The molecule has 5 aromatic rings. The normalized spacial score (nSPS) is 12.2. The van der Waals surface area contributed by atoms with Crippen molar-refractivity contribution in [2.45, 2.75) is 32.4 Å². The van der Waals surface area contributed by atoms with Crippen molar-refractivity contribution in [3.63, 3.8) is 0 Å². The fourth-order valence-corrected chi connectivity index (χ4v) is 4.24. The van der Waals surface area contributed by atoms with Crippen LogP contribution in [0.25, 0.3) is 10.9 Å². The first-order valence-corrected chi connectivity index (χ1v) is 12.2. The van der Waals surface area contributed by atoms with E-state index in [1.807, 2.05) is 39.1 Å². The number of nitrogens with one attached hydrogen (secondary N) is 2. The zero-order valence-corrected chi connectivity index (χ0v) is 21.9. The molecule has 0 amide bonds. The quantitative estimate of drug-likeness (QED) is 0.245. The molecule has 0 unspecified atom stereocenters. The summed E-state index contributed by atoms with van der Waals surface area (Å²) in [6.07, 6.45) is 7.77. The lowest BCUT2D eigenvalue weighted by atomic mass is 10.0. The number of nitriles is 1. The first-order chi connectivity index (χ1) is 18.6. The van der Waals surface area contributed by atoms with Crippen LogP contribution in [0.5, 0.6) is 0 Å². The second-order valence-electron chi connectivity index (χ2n) is 9.76. The second-order valence-corrected chi connectivity index (χ2v) is 10.2. The van der Waals surface area contributed by atoms with Gasteiger partial charge in [-0.1, -0.05) is 22.9 Å². The Hall–Kier alpha value is -4.69. The summed E-state index contributed by atoms with van der Waals surface area (Å²) in [6.45, 7) is 6.08. The lowest BCUT2D eigenvalue weighted by Crippen LogP contribution is -2.22. The molecule has 4 heterocycles. The summed E-state index contributed by atoms with van der Waals surface area (Å²) in [5.41, 5.74) is 2.88. The van der Waals surface area contributed by atoms with E-state index in [9.17, 15) is 14.0 Å². The molecule has 0 aliphatic rings. The van der Waals surface area contributed by atoms with Crippen LogP contribution in [0.1, 0.15) is 43.6 Å². The summed E-state index contributed by atoms with van der Waals surface area (Å²) >= 11 is 6.64. The highest BCUT2D eigenvalue weighted by molar-refractivity contribution is 6.36. The van der Waals surface area contributed by atoms with E-state index in [4.69, 9.17) is 11.6 Å². The van der Waals surface area contributed by atoms with E-state index >= 15 is 0 Å². The largest absolute Gasteiger partial charge is 0.373 e. The number of aromatic nitrogens is 6. The first kappa shape index (κ1) is 25.9. The Morgan fingerprint density at radius 1 is 1.08 bits per heavy atom. The van der Waals surface area contributed by atoms with Crippen LogP contribution in [0.3, 0.4) is 0 Å². The highest BCUT2D eigenvalue weighted by Crippen LogP contribution is 2.36. The fourth-order valence-electron chi connectivity index (χ4n) is 3.97. The number of rotatable bonds is 6. The van der Waals surface area contributed by atoms with Gasteiger partial charge in [0.25, 0.3) is 0 Å². The molecular formula is C27H22ClF2N9. The minimum absolute atomic E-state index is 0.152. The predicted molar refractivity (Wildman–Crippen MR) is 144 cm³/mol. The molecule has 0 spiro atoms. The molecule has 4 aromatic heterocycles. The molecule has 0 bridgehead atoms. The van der Waals surface area contributed by atoms with Gasteiger partial charge in [-0.05, 0) is 44.5 Å². The van der Waals surface area contributed by atoms with Crippen molar-refractivity contribution >= 4 is 39.6 Å². The van der Waals surface area contributed by atoms with E-state index in [0.717, 1.165) is 17.8 Å². The van der Waals surface area contributed by atoms with E-state index < -0.39 is 17.8 Å². The maximum atomic E-state index is 13.8. The monoisotopic (exact) mass is 545 g/mol. The summed E-state index contributed by atoms with van der Waals surface area (Å²) in [7, 11) is 0. The minimum atomic E-state index is -1.22. The Kier molecular flexibility index (Phi) is 6.80. The van der Waals surface area contributed by atoms with E-state index in [1.54, 1.807) is 29.2 Å². The van der Waals surface area contributed by atoms with Crippen LogP contribution in [0.2, 0.25) is 5.02 Å². The summed E-state index contributed by atoms with van der Waals surface area (Å²) in [4.78, 5) is 12.0. The summed E-state index contributed by atoms with van der Waals surface area (Å²) < 4.78 is 29.0. The average Bonchev–Trinajstić information content (AvgIpc) is 3.41. The van der Waals surface area contributed by atoms with Crippen molar-refractivity contribution < 1.29 is 8.78 Å². The van der Waals surface area contributed by atoms with Gasteiger partial charge in [0, 0.05) is 35.7 Å². The Bertz CT molecular complexity index is 1710. The minimum Gasteiger partial charge on any atom is -0.373 e. The van der Waals surface area contributed by atoms with E-state index in [2.05, 4.69) is 42.0 Å². The van der Waals surface area contributed by atoms with E-state index in [1.165, 1.54) is 6.20 Å². The maximum absolute atomic E-state index is 13.8. The lowest BCUT2D eigenvalue weighted by molar-refractivity contribution is 0.347. The van der Waals surface area contributed by atoms with Gasteiger partial charge in [0.1, 0.15) is 11.8 Å². The van der Waals surface area contributed by atoms with Crippen LogP contribution in [0, 0.1) is 23.1 Å². The van der Waals surface area contributed by atoms with Gasteiger partial charge < -0.3 is 10.6 Å². The molecule has 0 saturated carbocycles. The first-order valence-electron chi connectivity index (χ1n) is 11.8. The van der Waals surface area contributed by atoms with Crippen molar-refractivity contribution in [3.05, 3.63) is 94.9 Å². The summed E-state index contributed by atoms with van der Waals surface area (Å²) in [6, 6.07) is 9.81. The molecule has 0 aliphatic heterocycles. The third-order valence-electron chi connectivity index (χ3n) is 5.93. The van der Waals surface area contributed by atoms with Gasteiger partial charge in [-0.25, -0.2) is 14.1 Å². The topological polar surface area (TPSA) is 117 Å². The SMILES string of the molecule is CC(C)(C)n1cc([C@@H](Nc2cc(Cl)c3ncc(C#N)c(Nc4cnc(F)c(F)c4)c3c2)c2cccnc2)nn1. The molecule has 1 atom stereocenters. The van der Waals surface area contributed by atoms with Gasteiger partial charge in [-0.2, -0.15) is 9.65 Å². The molecular weight excluding hydrogens is 524 g/mol. The van der Waals surface area contributed by atoms with Gasteiger partial charge >= 0.3 is 0 Å². The zero-order chi connectivity index (χ0) is 27.7. The third kappa shape index (κ3) is 5.32. The number of fused-ring (bicyclic) bond motifs is 1. The Morgan fingerprint density at radius 2 is 1.90 bits per heavy atom. The van der Waals surface area contributed by atoms with Gasteiger partial charge in [-0.3, -0.25) is 9.97 Å². The Morgan fingerprint density at radius 3 is 2.56 bits per heavy atom. The van der Waals surface area contributed by atoms with E-state index in [0.29, 0.717) is 33.0 Å². The van der Waals surface area contributed by atoms with Gasteiger partial charge in [-0.15, -0.1) is 5.10 Å². The number of benzene rings is 1. The van der Waals surface area contributed by atoms with Crippen molar-refractivity contribution in [2.75, 3.05) is 10.6 Å². The lowest BCUT2D eigenvalue weighted by Gasteiger charge is -2.20. The average molecular weight is 546 g/mol. The van der Waals surface area contributed by atoms with Gasteiger partial charge in [0.2, 0.25) is 5.95 Å². The molecule has 1 aromatic carbocycles. The van der Waals surface area contributed by atoms with Crippen molar-refractivity contribution in [1.29, 1.82) is 5.26 Å². The van der Waals surface area contributed by atoms with Gasteiger partial charge in [0.15, 0.2) is 5.82 Å². The standard InChI is InChI=1S/C27H22ClF2N9/c1-27(2,3)39-14-22(37-38-39)24(15-5-4-6-32-11-15)35-17-7-19-23(36-18-9-21(29)26(30)34-13-18)16(10-31)12-33-25(19)20(28)8-17/h4-9,11-14,24,35H,1-3H3,(H,33,36)/t24-/m0/s1. The van der Waals surface area contributed by atoms with Crippen LogP contribution >= 0.6 is 11.6 Å². The molecule has 0 aliphatic carbocycles. The van der Waals surface area contributed by atoms with Crippen LogP contribution in [0.4, 0.5) is 25.8 Å². The van der Waals surface area contributed by atoms with Crippen LogP contribution in [-0.4, -0.2) is 29.9 Å². The number of hydrogen-bond donors (Lipinski definition) is 2. The number of nitrogens with zero attached hydrogens (tertiary/aromatic N) is 7. The fraction of sp³-hybridized carbons (Fsp3) is 0.185. The molecule has 0 saturated heterocycles. The molecule has 196 valence electrons. The highest BCUT2D eigenvalue weighted by atomic mass is 35.5. The summed E-state index contributed by atoms with van der Waals surface area (Å²) in [5.74, 6) is -2.35. The number of anilines is 3. The van der Waals surface area contributed by atoms with Gasteiger partial charge in [0.05, 0.1) is 51.5 Å². The molecule has 5 rings (SSSR count). The molecule has 0 radical (unpaired) electrons. The van der Waals surface area contributed by atoms with E-state index in [-0.39, 0.29) is 16.8 Å². The molecule has 0 fully saturated rings. The Balaban J connectivity index is 1.61. The van der Waals surface area contributed by atoms with Crippen molar-refractivity contribution in [1.82, 2.24) is 29.9 Å². The number of pyridine rings is 3. The number of halogens is 3. The second kappa shape index (κ2) is 10.2. The molecule has 12 heteroatoms. The number of hydrogen-bond acceptors (Lipinski definition) is 8.